The zero-order valence-corrected chi connectivity index (χ0v) is 20.1. The van der Waals surface area contributed by atoms with E-state index in [1.807, 2.05) is 12.1 Å². The Kier molecular flexibility index (Phi) is 6.02. The predicted octanol–water partition coefficient (Wildman–Crippen LogP) is 2.83. The molecule has 3 aliphatic rings. The predicted molar refractivity (Wildman–Crippen MR) is 125 cm³/mol. The lowest BCUT2D eigenvalue weighted by Gasteiger charge is -2.46. The summed E-state index contributed by atoms with van der Waals surface area (Å²) in [6, 6.07) is 9.76. The highest BCUT2D eigenvalue weighted by Crippen LogP contribution is 2.50. The highest BCUT2D eigenvalue weighted by atomic mass is 16.7. The molecule has 0 fully saturated rings. The average Bonchev–Trinajstić information content (AvgIpc) is 3.28. The monoisotopic (exact) mass is 465 g/mol. The van der Waals surface area contributed by atoms with Crippen LogP contribution in [-0.4, -0.2) is 68.2 Å². The number of hydrogen-bond acceptors (Lipinski definition) is 8. The molecule has 2 aromatic carbocycles. The maximum Gasteiger partial charge on any atom is 0.231 e. The number of hydrogen-bond donors (Lipinski definition) is 1. The van der Waals surface area contributed by atoms with Gasteiger partial charge in [-0.2, -0.15) is 5.26 Å². The topological polar surface area (TPSA) is 87.4 Å². The summed E-state index contributed by atoms with van der Waals surface area (Å²) in [6.45, 7) is 3.01. The lowest BCUT2D eigenvalue weighted by Crippen LogP contribution is -2.53. The number of likely N-dealkylation sites (N-methyl/N-ethyl adjacent to an activating group) is 1. The second-order valence-electron chi connectivity index (χ2n) is 9.09. The highest BCUT2D eigenvalue weighted by molar-refractivity contribution is 5.54. The molecule has 5 rings (SSSR count). The number of nitriles is 1. The van der Waals surface area contributed by atoms with Gasteiger partial charge in [-0.3, -0.25) is 4.90 Å². The first kappa shape index (κ1) is 22.8. The van der Waals surface area contributed by atoms with E-state index in [0.29, 0.717) is 24.3 Å². The summed E-state index contributed by atoms with van der Waals surface area (Å²) in [7, 11) is 5.29. The molecular formula is C26H31N3O5. The van der Waals surface area contributed by atoms with Crippen molar-refractivity contribution in [3.63, 3.8) is 0 Å². The van der Waals surface area contributed by atoms with E-state index in [0.717, 1.165) is 40.3 Å². The van der Waals surface area contributed by atoms with Gasteiger partial charge in [0, 0.05) is 12.1 Å². The normalized spacial score (nSPS) is 25.1. The van der Waals surface area contributed by atoms with Gasteiger partial charge >= 0.3 is 0 Å². The van der Waals surface area contributed by atoms with Crippen LogP contribution in [0.3, 0.4) is 0 Å². The van der Waals surface area contributed by atoms with E-state index in [9.17, 15) is 10.4 Å². The van der Waals surface area contributed by atoms with E-state index in [1.54, 1.807) is 14.2 Å². The zero-order chi connectivity index (χ0) is 24.0. The molecule has 2 aromatic rings. The van der Waals surface area contributed by atoms with E-state index in [2.05, 4.69) is 42.0 Å². The van der Waals surface area contributed by atoms with Gasteiger partial charge in [0.1, 0.15) is 6.04 Å². The van der Waals surface area contributed by atoms with Crippen molar-refractivity contribution in [1.82, 2.24) is 9.80 Å². The number of rotatable bonds is 5. The molecule has 0 radical (unpaired) electrons. The SMILES string of the molecule is CCN(C)C1Cc2cc3c(cc2C2Cc4cc(OC)c(OC)cc4C(CO)N2C1C#N)OCO3. The minimum absolute atomic E-state index is 0.0464. The highest BCUT2D eigenvalue weighted by Gasteiger charge is 2.46. The minimum atomic E-state index is -0.419. The van der Waals surface area contributed by atoms with Crippen molar-refractivity contribution in [2.45, 2.75) is 43.9 Å². The Morgan fingerprint density at radius 1 is 1.06 bits per heavy atom. The Balaban J connectivity index is 1.73. The second-order valence-corrected chi connectivity index (χ2v) is 9.09. The second kappa shape index (κ2) is 8.99. The van der Waals surface area contributed by atoms with Gasteiger partial charge in [0.25, 0.3) is 0 Å². The molecule has 180 valence electrons. The summed E-state index contributed by atoms with van der Waals surface area (Å²) in [5.41, 5.74) is 4.33. The molecule has 34 heavy (non-hydrogen) atoms. The number of ether oxygens (including phenoxy) is 4. The lowest BCUT2D eigenvalue weighted by molar-refractivity contribution is 0.0205. The fraction of sp³-hybridized carbons (Fsp3) is 0.500. The standard InChI is InChI=1S/C26H31N3O5/c1-5-28(2)20-7-16-9-25-26(34-14-33-25)11-17(16)19-6-15-8-23(31-3)24(32-4)10-18(15)22(13-30)29(19)21(20)12-27/h8-11,19-22,30H,5-7,13-14H2,1-4H3. The molecule has 3 aliphatic heterocycles. The van der Waals surface area contributed by atoms with E-state index >= 15 is 0 Å². The van der Waals surface area contributed by atoms with Crippen molar-refractivity contribution in [2.24, 2.45) is 0 Å². The van der Waals surface area contributed by atoms with E-state index in [1.165, 1.54) is 0 Å². The van der Waals surface area contributed by atoms with Crippen molar-refractivity contribution in [2.75, 3.05) is 41.2 Å². The fourth-order valence-electron chi connectivity index (χ4n) is 5.77. The first-order valence-electron chi connectivity index (χ1n) is 11.7. The summed E-state index contributed by atoms with van der Waals surface area (Å²) in [5, 5.41) is 21.1. The quantitative estimate of drug-likeness (QED) is 0.721. The summed E-state index contributed by atoms with van der Waals surface area (Å²) < 4.78 is 22.5. The van der Waals surface area contributed by atoms with Gasteiger partial charge < -0.3 is 29.0 Å². The van der Waals surface area contributed by atoms with Crippen molar-refractivity contribution >= 4 is 0 Å². The molecular weight excluding hydrogens is 434 g/mol. The molecule has 4 unspecified atom stereocenters. The summed E-state index contributed by atoms with van der Waals surface area (Å²) in [5.74, 6) is 2.76. The molecule has 0 amide bonds. The third-order valence-electron chi connectivity index (χ3n) is 7.62. The Morgan fingerprint density at radius 3 is 2.38 bits per heavy atom. The third kappa shape index (κ3) is 3.47. The van der Waals surface area contributed by atoms with Crippen molar-refractivity contribution < 1.29 is 24.1 Å². The van der Waals surface area contributed by atoms with Crippen LogP contribution in [0.5, 0.6) is 23.0 Å². The van der Waals surface area contributed by atoms with Gasteiger partial charge in [-0.15, -0.1) is 0 Å². The lowest BCUT2D eigenvalue weighted by atomic mass is 9.83. The molecule has 8 nitrogen and oxygen atoms in total. The van der Waals surface area contributed by atoms with Crippen LogP contribution in [0.2, 0.25) is 0 Å². The number of methoxy groups -OCH3 is 2. The van der Waals surface area contributed by atoms with Gasteiger partial charge in [0.05, 0.1) is 32.9 Å². The van der Waals surface area contributed by atoms with Crippen LogP contribution in [0.25, 0.3) is 0 Å². The maximum absolute atomic E-state index is 10.7. The molecule has 0 saturated heterocycles. The zero-order valence-electron chi connectivity index (χ0n) is 20.1. The van der Waals surface area contributed by atoms with Crippen LogP contribution in [0.15, 0.2) is 24.3 Å². The molecule has 0 aromatic heterocycles. The number of benzene rings is 2. The summed E-state index contributed by atoms with van der Waals surface area (Å²) in [6.07, 6.45) is 1.39. The Bertz CT molecular complexity index is 1130. The maximum atomic E-state index is 10.7. The number of fused-ring (bicyclic) bond motifs is 5. The molecule has 3 heterocycles. The van der Waals surface area contributed by atoms with Gasteiger partial charge in [-0.25, -0.2) is 0 Å². The summed E-state index contributed by atoms with van der Waals surface area (Å²) in [4.78, 5) is 4.43. The van der Waals surface area contributed by atoms with E-state index < -0.39 is 6.04 Å². The van der Waals surface area contributed by atoms with Crippen molar-refractivity contribution in [3.8, 4) is 29.1 Å². The van der Waals surface area contributed by atoms with E-state index in [4.69, 9.17) is 18.9 Å². The molecule has 8 heteroatoms. The summed E-state index contributed by atoms with van der Waals surface area (Å²) >= 11 is 0. The van der Waals surface area contributed by atoms with Gasteiger partial charge in [0.2, 0.25) is 6.79 Å². The van der Waals surface area contributed by atoms with Crippen LogP contribution in [0, 0.1) is 11.3 Å². The minimum Gasteiger partial charge on any atom is -0.493 e. The smallest absolute Gasteiger partial charge is 0.231 e. The first-order valence-corrected chi connectivity index (χ1v) is 11.7. The van der Waals surface area contributed by atoms with Crippen LogP contribution >= 0.6 is 0 Å². The van der Waals surface area contributed by atoms with Crippen LogP contribution in [0.1, 0.15) is 41.3 Å². The Morgan fingerprint density at radius 2 is 1.74 bits per heavy atom. The van der Waals surface area contributed by atoms with Crippen LogP contribution in [0.4, 0.5) is 0 Å². The van der Waals surface area contributed by atoms with Gasteiger partial charge in [0.15, 0.2) is 23.0 Å². The van der Waals surface area contributed by atoms with Gasteiger partial charge in [-0.05, 0) is 73.0 Å². The number of aliphatic hydroxyl groups excluding tert-OH is 1. The molecule has 0 bridgehead atoms. The third-order valence-corrected chi connectivity index (χ3v) is 7.62. The molecule has 0 aliphatic carbocycles. The number of aliphatic hydroxyl groups is 1. The average molecular weight is 466 g/mol. The molecule has 0 spiro atoms. The molecule has 0 saturated carbocycles. The van der Waals surface area contributed by atoms with Gasteiger partial charge in [-0.1, -0.05) is 6.92 Å². The van der Waals surface area contributed by atoms with E-state index in [-0.39, 0.29) is 31.5 Å². The Hall–Kier alpha value is -2.99. The van der Waals surface area contributed by atoms with Crippen molar-refractivity contribution in [1.29, 1.82) is 5.26 Å². The van der Waals surface area contributed by atoms with Crippen LogP contribution in [-0.2, 0) is 12.8 Å². The fourth-order valence-corrected chi connectivity index (χ4v) is 5.77. The molecule has 4 atom stereocenters. The van der Waals surface area contributed by atoms with Crippen LogP contribution < -0.4 is 18.9 Å². The largest absolute Gasteiger partial charge is 0.493 e. The Labute approximate surface area is 200 Å². The molecule has 1 N–H and O–H groups in total. The van der Waals surface area contributed by atoms with Crippen molar-refractivity contribution in [3.05, 3.63) is 46.5 Å². The first-order chi connectivity index (χ1) is 16.5. The number of nitrogens with zero attached hydrogens (tertiary/aromatic N) is 3.